The Morgan fingerprint density at radius 2 is 2.09 bits per heavy atom. The fraction of sp³-hybridized carbons (Fsp3) is 0.438. The Bertz CT molecular complexity index is 651. The summed E-state index contributed by atoms with van der Waals surface area (Å²) in [6.07, 6.45) is -5.88. The van der Waals surface area contributed by atoms with Crippen LogP contribution in [0.5, 0.6) is 0 Å². The van der Waals surface area contributed by atoms with Crippen LogP contribution in [0.4, 0.5) is 13.2 Å². The Morgan fingerprint density at radius 3 is 2.65 bits per heavy atom. The van der Waals surface area contributed by atoms with Crippen molar-refractivity contribution >= 4 is 18.0 Å². The van der Waals surface area contributed by atoms with E-state index < -0.39 is 36.2 Å². The summed E-state index contributed by atoms with van der Waals surface area (Å²) in [6.45, 7) is 0. The molecule has 0 radical (unpaired) electrons. The van der Waals surface area contributed by atoms with Crippen molar-refractivity contribution in [2.45, 2.75) is 31.9 Å². The van der Waals surface area contributed by atoms with Gasteiger partial charge in [-0.3, -0.25) is 14.4 Å². The minimum Gasteiger partial charge on any atom is -0.469 e. The highest BCUT2D eigenvalue weighted by Crippen LogP contribution is 2.46. The number of benzene rings is 1. The lowest BCUT2D eigenvalue weighted by atomic mass is 9.66. The highest BCUT2D eigenvalue weighted by Gasteiger charge is 2.51. The zero-order chi connectivity index (χ0) is 17.3. The molecule has 0 fully saturated rings. The number of ketones is 1. The van der Waals surface area contributed by atoms with E-state index in [4.69, 9.17) is 0 Å². The number of halogens is 3. The van der Waals surface area contributed by atoms with Gasteiger partial charge in [-0.25, -0.2) is 0 Å². The van der Waals surface area contributed by atoms with Gasteiger partial charge in [0.05, 0.1) is 25.4 Å². The molecule has 4 nitrogen and oxygen atoms in total. The average Bonchev–Trinajstić information content (AvgIpc) is 2.49. The van der Waals surface area contributed by atoms with E-state index in [1.807, 2.05) is 0 Å². The van der Waals surface area contributed by atoms with Crippen LogP contribution in [-0.4, -0.2) is 31.3 Å². The normalized spacial score (nSPS) is 20.8. The number of alkyl halides is 3. The lowest BCUT2D eigenvalue weighted by Gasteiger charge is -2.36. The molecular formula is C16H15F3O4. The van der Waals surface area contributed by atoms with E-state index >= 15 is 0 Å². The fourth-order valence-corrected chi connectivity index (χ4v) is 3.02. The molecule has 1 aliphatic rings. The summed E-state index contributed by atoms with van der Waals surface area (Å²) in [5, 5.41) is 0. The Balaban J connectivity index is 2.45. The molecule has 1 aromatic carbocycles. The summed E-state index contributed by atoms with van der Waals surface area (Å²) >= 11 is 0. The van der Waals surface area contributed by atoms with Gasteiger partial charge in [0.1, 0.15) is 6.29 Å². The molecule has 7 heteroatoms. The van der Waals surface area contributed by atoms with Crippen molar-refractivity contribution in [3.8, 4) is 0 Å². The third kappa shape index (κ3) is 3.60. The van der Waals surface area contributed by atoms with E-state index in [9.17, 15) is 27.6 Å². The molecule has 0 amide bonds. The van der Waals surface area contributed by atoms with Gasteiger partial charge in [0.25, 0.3) is 0 Å². The highest BCUT2D eigenvalue weighted by atomic mass is 19.4. The molecule has 0 saturated carbocycles. The number of carbonyl (C=O) groups is 3. The summed E-state index contributed by atoms with van der Waals surface area (Å²) in [7, 11) is 1.07. The van der Waals surface area contributed by atoms with E-state index in [2.05, 4.69) is 4.74 Å². The van der Waals surface area contributed by atoms with Crippen molar-refractivity contribution in [3.05, 3.63) is 34.9 Å². The van der Waals surface area contributed by atoms with E-state index in [0.717, 1.165) is 7.11 Å². The zero-order valence-electron chi connectivity index (χ0n) is 12.4. The first-order valence-electron chi connectivity index (χ1n) is 6.97. The number of Topliss-reactive ketones (excluding diaryl/α,β-unsaturated/α-hetero) is 1. The number of fused-ring (bicyclic) bond motifs is 1. The smallest absolute Gasteiger partial charge is 0.390 e. The van der Waals surface area contributed by atoms with Gasteiger partial charge in [-0.1, -0.05) is 12.1 Å². The third-order valence-corrected chi connectivity index (χ3v) is 4.11. The first-order valence-corrected chi connectivity index (χ1v) is 6.97. The molecule has 0 aliphatic heterocycles. The van der Waals surface area contributed by atoms with Gasteiger partial charge >= 0.3 is 12.1 Å². The molecule has 1 aromatic rings. The molecule has 1 unspecified atom stereocenters. The van der Waals surface area contributed by atoms with Crippen molar-refractivity contribution in [3.63, 3.8) is 0 Å². The minimum atomic E-state index is -4.58. The van der Waals surface area contributed by atoms with Crippen LogP contribution in [-0.2, 0) is 16.0 Å². The number of rotatable bonds is 4. The van der Waals surface area contributed by atoms with Crippen LogP contribution in [0.25, 0.3) is 0 Å². The number of ether oxygens (including phenoxy) is 1. The molecule has 1 aliphatic carbocycles. The van der Waals surface area contributed by atoms with Gasteiger partial charge in [-0.15, -0.1) is 0 Å². The predicted octanol–water partition coefficient (Wildman–Crippen LogP) is 3.13. The monoisotopic (exact) mass is 328 g/mol. The maximum Gasteiger partial charge on any atom is 0.390 e. The van der Waals surface area contributed by atoms with E-state index in [0.29, 0.717) is 17.4 Å². The number of hydrogen-bond acceptors (Lipinski definition) is 4. The number of esters is 1. The SMILES string of the molecule is COC(=O)CC1(CC(F)(F)F)CCc2cc(C=O)ccc2C1=O. The molecule has 0 bridgehead atoms. The lowest BCUT2D eigenvalue weighted by Crippen LogP contribution is -2.41. The zero-order valence-corrected chi connectivity index (χ0v) is 12.4. The topological polar surface area (TPSA) is 60.4 Å². The first-order chi connectivity index (χ1) is 10.7. The number of carbonyl (C=O) groups excluding carboxylic acids is 3. The van der Waals surface area contributed by atoms with Crippen LogP contribution in [0, 0.1) is 5.41 Å². The van der Waals surface area contributed by atoms with Crippen molar-refractivity contribution in [1.29, 1.82) is 0 Å². The number of methoxy groups -OCH3 is 1. The highest BCUT2D eigenvalue weighted by molar-refractivity contribution is 6.04. The second kappa shape index (κ2) is 6.14. The molecule has 0 spiro atoms. The largest absolute Gasteiger partial charge is 0.469 e. The molecule has 0 saturated heterocycles. The van der Waals surface area contributed by atoms with Gasteiger partial charge < -0.3 is 4.74 Å². The molecule has 0 N–H and O–H groups in total. The Labute approximate surface area is 130 Å². The number of hydrogen-bond donors (Lipinski definition) is 0. The van der Waals surface area contributed by atoms with Crippen LogP contribution >= 0.6 is 0 Å². The van der Waals surface area contributed by atoms with E-state index in [-0.39, 0.29) is 18.4 Å². The molecule has 1 atom stereocenters. The molecule has 124 valence electrons. The standard InChI is InChI=1S/C16H15F3O4/c1-23-13(21)7-15(9-16(17,18)19)5-4-11-6-10(8-20)2-3-12(11)14(15)22/h2-3,6,8H,4-5,7,9H2,1H3. The first kappa shape index (κ1) is 17.2. The molecule has 0 aromatic heterocycles. The van der Waals surface area contributed by atoms with E-state index in [1.54, 1.807) is 0 Å². The van der Waals surface area contributed by atoms with Gasteiger partial charge in [0, 0.05) is 11.1 Å². The second-order valence-electron chi connectivity index (χ2n) is 5.69. The summed E-state index contributed by atoms with van der Waals surface area (Å²) < 4.78 is 43.3. The molecule has 0 heterocycles. The second-order valence-corrected chi connectivity index (χ2v) is 5.69. The van der Waals surface area contributed by atoms with Crippen LogP contribution < -0.4 is 0 Å². The van der Waals surface area contributed by atoms with Crippen LogP contribution in [0.3, 0.4) is 0 Å². The minimum absolute atomic E-state index is 0.115. The summed E-state index contributed by atoms with van der Waals surface area (Å²) in [5.41, 5.74) is -0.828. The number of aldehydes is 1. The quantitative estimate of drug-likeness (QED) is 0.629. The molecule has 2 rings (SSSR count). The fourth-order valence-electron chi connectivity index (χ4n) is 3.02. The Morgan fingerprint density at radius 1 is 1.39 bits per heavy atom. The maximum absolute atomic E-state index is 13.0. The summed E-state index contributed by atoms with van der Waals surface area (Å²) in [5.74, 6) is -1.57. The van der Waals surface area contributed by atoms with Gasteiger partial charge in [-0.05, 0) is 24.5 Å². The average molecular weight is 328 g/mol. The lowest BCUT2D eigenvalue weighted by molar-refractivity contribution is -0.161. The van der Waals surface area contributed by atoms with Crippen LogP contribution in [0.15, 0.2) is 18.2 Å². The van der Waals surface area contributed by atoms with Crippen LogP contribution in [0.2, 0.25) is 0 Å². The van der Waals surface area contributed by atoms with Gasteiger partial charge in [0.15, 0.2) is 5.78 Å². The van der Waals surface area contributed by atoms with Crippen molar-refractivity contribution in [1.82, 2.24) is 0 Å². The summed E-state index contributed by atoms with van der Waals surface area (Å²) in [4.78, 5) is 35.0. The maximum atomic E-state index is 13.0. The predicted molar refractivity (Wildman–Crippen MR) is 74.2 cm³/mol. The van der Waals surface area contributed by atoms with E-state index in [1.165, 1.54) is 18.2 Å². The Hall–Kier alpha value is -2.18. The Kier molecular flexibility index (Phi) is 4.58. The van der Waals surface area contributed by atoms with Crippen molar-refractivity contribution in [2.75, 3.05) is 7.11 Å². The van der Waals surface area contributed by atoms with Crippen molar-refractivity contribution < 1.29 is 32.3 Å². The van der Waals surface area contributed by atoms with Gasteiger partial charge in [0.2, 0.25) is 0 Å². The molecular weight excluding hydrogens is 313 g/mol. The third-order valence-electron chi connectivity index (χ3n) is 4.11. The number of aryl methyl sites for hydroxylation is 1. The molecule has 23 heavy (non-hydrogen) atoms. The van der Waals surface area contributed by atoms with Crippen molar-refractivity contribution in [2.24, 2.45) is 5.41 Å². The van der Waals surface area contributed by atoms with Gasteiger partial charge in [-0.2, -0.15) is 13.2 Å². The summed E-state index contributed by atoms with van der Waals surface area (Å²) in [6, 6.07) is 4.23. The van der Waals surface area contributed by atoms with Crippen LogP contribution in [0.1, 0.15) is 45.5 Å².